The van der Waals surface area contributed by atoms with Crippen molar-refractivity contribution < 1.29 is 14.6 Å². The van der Waals surface area contributed by atoms with Crippen molar-refractivity contribution in [3.8, 4) is 0 Å². The summed E-state index contributed by atoms with van der Waals surface area (Å²) in [6.07, 6.45) is -0.330. The van der Waals surface area contributed by atoms with Gasteiger partial charge in [0.1, 0.15) is 11.4 Å². The highest BCUT2D eigenvalue weighted by molar-refractivity contribution is 5.70. The number of carboxylic acids is 1. The van der Waals surface area contributed by atoms with Crippen LogP contribution in [0.25, 0.3) is 0 Å². The number of aryl methyl sites for hydroxylation is 1. The van der Waals surface area contributed by atoms with Crippen molar-refractivity contribution in [1.82, 2.24) is 9.97 Å². The lowest BCUT2D eigenvalue weighted by molar-refractivity contribution is -0.136. The molecular formula is C12H18N2O4. The Labute approximate surface area is 105 Å². The monoisotopic (exact) mass is 254 g/mol. The van der Waals surface area contributed by atoms with Crippen LogP contribution in [-0.2, 0) is 21.6 Å². The number of carbonyl (C=O) groups is 1. The number of hydrogen-bond acceptors (Lipinski definition) is 4. The Balaban J connectivity index is 3.22. The first-order valence-corrected chi connectivity index (χ1v) is 5.74. The zero-order chi connectivity index (χ0) is 13.9. The van der Waals surface area contributed by atoms with Gasteiger partial charge in [-0.25, -0.2) is 4.98 Å². The second kappa shape index (κ2) is 5.30. The van der Waals surface area contributed by atoms with E-state index < -0.39 is 17.1 Å². The summed E-state index contributed by atoms with van der Waals surface area (Å²) in [6, 6.07) is 0. The average molecular weight is 254 g/mol. The normalized spacial score (nSPS) is 11.6. The number of H-pyrrole nitrogens is 1. The molecule has 0 atom stereocenters. The van der Waals surface area contributed by atoms with Crippen molar-refractivity contribution >= 4 is 5.97 Å². The van der Waals surface area contributed by atoms with Crippen LogP contribution in [0, 0.1) is 6.92 Å². The number of nitrogens with zero attached hydrogens (tertiary/aromatic N) is 1. The van der Waals surface area contributed by atoms with Crippen LogP contribution >= 0.6 is 0 Å². The van der Waals surface area contributed by atoms with Crippen LogP contribution in [0.4, 0.5) is 0 Å². The molecule has 0 aliphatic heterocycles. The zero-order valence-electron chi connectivity index (χ0n) is 11.0. The molecular weight excluding hydrogens is 236 g/mol. The SMILES string of the molecule is CCOC(C)(C)c1nc(C)c(CC(=O)O)c(=O)[nH]1. The van der Waals surface area contributed by atoms with Gasteiger partial charge in [0.25, 0.3) is 5.56 Å². The van der Waals surface area contributed by atoms with Gasteiger partial charge < -0.3 is 14.8 Å². The average Bonchev–Trinajstić information content (AvgIpc) is 2.22. The van der Waals surface area contributed by atoms with Gasteiger partial charge in [-0.3, -0.25) is 9.59 Å². The summed E-state index contributed by atoms with van der Waals surface area (Å²) in [7, 11) is 0. The Hall–Kier alpha value is -1.69. The summed E-state index contributed by atoms with van der Waals surface area (Å²) in [4.78, 5) is 29.3. The van der Waals surface area contributed by atoms with Crippen molar-refractivity contribution in [1.29, 1.82) is 0 Å². The van der Waals surface area contributed by atoms with Gasteiger partial charge in [-0.1, -0.05) is 0 Å². The smallest absolute Gasteiger partial charge is 0.308 e. The molecule has 6 heteroatoms. The second-order valence-corrected chi connectivity index (χ2v) is 4.49. The van der Waals surface area contributed by atoms with Gasteiger partial charge in [0.15, 0.2) is 0 Å². The maximum absolute atomic E-state index is 11.8. The summed E-state index contributed by atoms with van der Waals surface area (Å²) < 4.78 is 5.50. The lowest BCUT2D eigenvalue weighted by atomic mass is 10.1. The number of aromatic nitrogens is 2. The minimum atomic E-state index is -1.05. The van der Waals surface area contributed by atoms with E-state index in [2.05, 4.69) is 9.97 Å². The molecule has 18 heavy (non-hydrogen) atoms. The molecule has 0 radical (unpaired) electrons. The lowest BCUT2D eigenvalue weighted by Crippen LogP contribution is -2.30. The number of ether oxygens (including phenoxy) is 1. The van der Waals surface area contributed by atoms with Crippen molar-refractivity contribution in [2.75, 3.05) is 6.61 Å². The highest BCUT2D eigenvalue weighted by Crippen LogP contribution is 2.20. The predicted octanol–water partition coefficient (Wildman–Crippen LogP) is 0.977. The van der Waals surface area contributed by atoms with E-state index in [1.165, 1.54) is 0 Å². The van der Waals surface area contributed by atoms with E-state index in [1.54, 1.807) is 20.8 Å². The summed E-state index contributed by atoms with van der Waals surface area (Å²) in [5.41, 5.74) is -0.532. The Morgan fingerprint density at radius 1 is 1.50 bits per heavy atom. The third kappa shape index (κ3) is 3.16. The molecule has 0 fully saturated rings. The first-order chi connectivity index (χ1) is 8.27. The molecule has 0 aromatic carbocycles. The van der Waals surface area contributed by atoms with Crippen LogP contribution in [0.2, 0.25) is 0 Å². The van der Waals surface area contributed by atoms with Crippen LogP contribution < -0.4 is 5.56 Å². The van der Waals surface area contributed by atoms with E-state index in [-0.39, 0.29) is 12.0 Å². The number of aliphatic carboxylic acids is 1. The van der Waals surface area contributed by atoms with Gasteiger partial charge in [0.05, 0.1) is 6.42 Å². The molecule has 1 rings (SSSR count). The van der Waals surface area contributed by atoms with E-state index in [0.717, 1.165) is 0 Å². The van der Waals surface area contributed by atoms with E-state index in [1.807, 2.05) is 6.92 Å². The van der Waals surface area contributed by atoms with Crippen LogP contribution in [0.1, 0.15) is 37.9 Å². The first kappa shape index (κ1) is 14.4. The third-order valence-corrected chi connectivity index (χ3v) is 2.63. The molecule has 100 valence electrons. The summed E-state index contributed by atoms with van der Waals surface area (Å²) in [6.45, 7) is 7.56. The van der Waals surface area contributed by atoms with Crippen LogP contribution in [0.5, 0.6) is 0 Å². The largest absolute Gasteiger partial charge is 0.481 e. The quantitative estimate of drug-likeness (QED) is 0.817. The van der Waals surface area contributed by atoms with Gasteiger partial charge in [-0.15, -0.1) is 0 Å². The van der Waals surface area contributed by atoms with Crippen LogP contribution in [0.3, 0.4) is 0 Å². The summed E-state index contributed by atoms with van der Waals surface area (Å²) in [5.74, 6) is -0.650. The maximum atomic E-state index is 11.8. The molecule has 0 bridgehead atoms. The van der Waals surface area contributed by atoms with Crippen molar-refractivity contribution in [2.24, 2.45) is 0 Å². The Bertz CT molecular complexity index is 505. The number of nitrogens with one attached hydrogen (secondary N) is 1. The van der Waals surface area contributed by atoms with E-state index >= 15 is 0 Å². The molecule has 1 aromatic rings. The molecule has 0 saturated heterocycles. The van der Waals surface area contributed by atoms with Gasteiger partial charge in [-0.2, -0.15) is 0 Å². The summed E-state index contributed by atoms with van der Waals surface area (Å²) in [5, 5.41) is 8.72. The molecule has 6 nitrogen and oxygen atoms in total. The van der Waals surface area contributed by atoms with E-state index in [0.29, 0.717) is 18.1 Å². The third-order valence-electron chi connectivity index (χ3n) is 2.63. The molecule has 0 unspecified atom stereocenters. The summed E-state index contributed by atoms with van der Waals surface area (Å²) >= 11 is 0. The predicted molar refractivity (Wildman–Crippen MR) is 65.6 cm³/mol. The molecule has 1 heterocycles. The molecule has 0 aliphatic carbocycles. The fourth-order valence-corrected chi connectivity index (χ4v) is 1.68. The lowest BCUT2D eigenvalue weighted by Gasteiger charge is -2.24. The molecule has 2 N–H and O–H groups in total. The first-order valence-electron chi connectivity index (χ1n) is 5.74. The van der Waals surface area contributed by atoms with Gasteiger partial charge in [0, 0.05) is 17.9 Å². The van der Waals surface area contributed by atoms with Gasteiger partial charge >= 0.3 is 5.97 Å². The van der Waals surface area contributed by atoms with Crippen LogP contribution in [0.15, 0.2) is 4.79 Å². The molecule has 0 aliphatic rings. The topological polar surface area (TPSA) is 92.3 Å². The number of hydrogen-bond donors (Lipinski definition) is 2. The second-order valence-electron chi connectivity index (χ2n) is 4.49. The molecule has 0 amide bonds. The van der Waals surface area contributed by atoms with Crippen molar-refractivity contribution in [3.05, 3.63) is 27.4 Å². The number of aromatic amines is 1. The fourth-order valence-electron chi connectivity index (χ4n) is 1.68. The number of rotatable bonds is 5. The minimum absolute atomic E-state index is 0.179. The Kier molecular flexibility index (Phi) is 4.24. The van der Waals surface area contributed by atoms with Crippen molar-refractivity contribution in [2.45, 2.75) is 39.7 Å². The maximum Gasteiger partial charge on any atom is 0.308 e. The van der Waals surface area contributed by atoms with Gasteiger partial charge in [0.2, 0.25) is 0 Å². The van der Waals surface area contributed by atoms with Crippen molar-refractivity contribution in [3.63, 3.8) is 0 Å². The molecule has 0 spiro atoms. The Morgan fingerprint density at radius 3 is 2.56 bits per heavy atom. The van der Waals surface area contributed by atoms with E-state index in [4.69, 9.17) is 9.84 Å². The number of carboxylic acid groups (broad SMARTS) is 1. The van der Waals surface area contributed by atoms with E-state index in [9.17, 15) is 9.59 Å². The molecule has 1 aromatic heterocycles. The van der Waals surface area contributed by atoms with Crippen LogP contribution in [-0.4, -0.2) is 27.7 Å². The van der Waals surface area contributed by atoms with Gasteiger partial charge in [-0.05, 0) is 27.7 Å². The highest BCUT2D eigenvalue weighted by atomic mass is 16.5. The Morgan fingerprint density at radius 2 is 2.11 bits per heavy atom. The standard InChI is InChI=1S/C12H18N2O4/c1-5-18-12(3,4)11-13-7(2)8(6-9(15)16)10(17)14-11/h5-6H2,1-4H3,(H,15,16)(H,13,14,17). The minimum Gasteiger partial charge on any atom is -0.481 e. The molecule has 0 saturated carbocycles. The fraction of sp³-hybridized carbons (Fsp3) is 0.583. The highest BCUT2D eigenvalue weighted by Gasteiger charge is 2.25. The zero-order valence-corrected chi connectivity index (χ0v) is 11.0.